The molecule has 2 rings (SSSR count). The van der Waals surface area contributed by atoms with E-state index in [1.807, 2.05) is 31.2 Å². The van der Waals surface area contributed by atoms with Gasteiger partial charge in [0.2, 0.25) is 5.91 Å². The molecule has 112 valence electrons. The van der Waals surface area contributed by atoms with Gasteiger partial charge in [-0.05, 0) is 23.3 Å². The van der Waals surface area contributed by atoms with Gasteiger partial charge in [0.1, 0.15) is 5.75 Å². The zero-order valence-electron chi connectivity index (χ0n) is 13.1. The van der Waals surface area contributed by atoms with E-state index in [0.717, 1.165) is 17.2 Å². The van der Waals surface area contributed by atoms with Gasteiger partial charge in [-0.15, -0.1) is 0 Å². The zero-order valence-corrected chi connectivity index (χ0v) is 13.1. The molecule has 2 N–H and O–H groups in total. The number of hydrogen-bond donors (Lipinski definition) is 2. The van der Waals surface area contributed by atoms with Crippen LogP contribution in [0.5, 0.6) is 5.75 Å². The number of benzene rings is 2. The Morgan fingerprint density at radius 1 is 1.24 bits per heavy atom. The summed E-state index contributed by atoms with van der Waals surface area (Å²) in [7, 11) is 0. The van der Waals surface area contributed by atoms with E-state index in [1.165, 1.54) is 0 Å². The highest BCUT2D eigenvalue weighted by molar-refractivity contribution is 6.03. The van der Waals surface area contributed by atoms with Crippen LogP contribution in [-0.2, 0) is 4.79 Å². The lowest BCUT2D eigenvalue weighted by Crippen LogP contribution is -2.24. The van der Waals surface area contributed by atoms with E-state index in [1.54, 1.807) is 12.1 Å². The molecule has 1 unspecified atom stereocenters. The van der Waals surface area contributed by atoms with Gasteiger partial charge < -0.3 is 10.4 Å². The van der Waals surface area contributed by atoms with Crippen molar-refractivity contribution in [3.63, 3.8) is 0 Å². The molecular formula is C18H23NO2. The Morgan fingerprint density at radius 2 is 1.90 bits per heavy atom. The molecule has 2 aromatic carbocycles. The molecule has 0 spiro atoms. The van der Waals surface area contributed by atoms with Crippen molar-refractivity contribution in [2.75, 3.05) is 5.32 Å². The lowest BCUT2D eigenvalue weighted by atomic mass is 9.85. The number of anilines is 1. The summed E-state index contributed by atoms with van der Waals surface area (Å²) in [6.07, 6.45) is 0.815. The number of phenolic OH excluding ortho intramolecular Hbond substituents is 1. The monoisotopic (exact) mass is 285 g/mol. The summed E-state index contributed by atoms with van der Waals surface area (Å²) in [6, 6.07) is 11.0. The minimum absolute atomic E-state index is 0.0133. The number of aromatic hydroxyl groups is 1. The molecule has 0 aromatic heterocycles. The van der Waals surface area contributed by atoms with E-state index >= 15 is 0 Å². The number of nitrogens with one attached hydrogen (secondary N) is 1. The summed E-state index contributed by atoms with van der Waals surface area (Å²) in [5.41, 5.74) is 0.772. The van der Waals surface area contributed by atoms with Crippen molar-refractivity contribution < 1.29 is 9.90 Å². The fourth-order valence-corrected chi connectivity index (χ4v) is 2.67. The Labute approximate surface area is 126 Å². The topological polar surface area (TPSA) is 49.3 Å². The Bertz CT molecular complexity index is 656. The molecule has 0 aliphatic rings. The fourth-order valence-electron chi connectivity index (χ4n) is 2.67. The SMILES string of the molecule is CC(CC(C)(C)C)C(=O)Nc1cc(O)cc2ccccc12. The van der Waals surface area contributed by atoms with Crippen molar-refractivity contribution >= 4 is 22.4 Å². The van der Waals surface area contributed by atoms with E-state index in [-0.39, 0.29) is 23.0 Å². The molecule has 0 aliphatic carbocycles. The Hall–Kier alpha value is -2.03. The first-order chi connectivity index (χ1) is 9.76. The van der Waals surface area contributed by atoms with E-state index in [4.69, 9.17) is 0 Å². The minimum atomic E-state index is -0.0777. The molecule has 0 saturated carbocycles. The molecule has 0 aliphatic heterocycles. The molecule has 3 heteroatoms. The van der Waals surface area contributed by atoms with Crippen LogP contribution in [0.2, 0.25) is 0 Å². The quantitative estimate of drug-likeness (QED) is 0.868. The molecular weight excluding hydrogens is 262 g/mol. The van der Waals surface area contributed by atoms with Crippen LogP contribution in [0.15, 0.2) is 36.4 Å². The molecule has 0 heterocycles. The second-order valence-electron chi connectivity index (χ2n) is 6.87. The smallest absolute Gasteiger partial charge is 0.227 e. The highest BCUT2D eigenvalue weighted by Crippen LogP contribution is 2.30. The first-order valence-corrected chi connectivity index (χ1v) is 7.29. The van der Waals surface area contributed by atoms with Crippen LogP contribution in [-0.4, -0.2) is 11.0 Å². The van der Waals surface area contributed by atoms with Gasteiger partial charge in [0, 0.05) is 17.4 Å². The lowest BCUT2D eigenvalue weighted by Gasteiger charge is -2.23. The van der Waals surface area contributed by atoms with Gasteiger partial charge in [-0.25, -0.2) is 0 Å². The van der Waals surface area contributed by atoms with Crippen LogP contribution >= 0.6 is 0 Å². The average Bonchev–Trinajstić information content (AvgIpc) is 2.36. The second kappa shape index (κ2) is 5.76. The van der Waals surface area contributed by atoms with Crippen molar-refractivity contribution in [2.24, 2.45) is 11.3 Å². The van der Waals surface area contributed by atoms with Crippen LogP contribution in [0.4, 0.5) is 5.69 Å². The van der Waals surface area contributed by atoms with Crippen molar-refractivity contribution in [1.82, 2.24) is 0 Å². The van der Waals surface area contributed by atoms with Crippen molar-refractivity contribution in [3.05, 3.63) is 36.4 Å². The molecule has 1 amide bonds. The number of carbonyl (C=O) groups is 1. The third-order valence-corrected chi connectivity index (χ3v) is 3.47. The standard InChI is InChI=1S/C18H23NO2/c1-12(11-18(2,3)4)17(21)19-16-10-14(20)9-13-7-5-6-8-15(13)16/h5-10,12,20H,11H2,1-4H3,(H,19,21). The van der Waals surface area contributed by atoms with E-state index in [2.05, 4.69) is 26.1 Å². The van der Waals surface area contributed by atoms with Crippen LogP contribution in [0.3, 0.4) is 0 Å². The van der Waals surface area contributed by atoms with Gasteiger partial charge >= 0.3 is 0 Å². The molecule has 0 fully saturated rings. The van der Waals surface area contributed by atoms with Crippen molar-refractivity contribution in [3.8, 4) is 5.75 Å². The van der Waals surface area contributed by atoms with Gasteiger partial charge in [-0.3, -0.25) is 4.79 Å². The average molecular weight is 285 g/mol. The third-order valence-electron chi connectivity index (χ3n) is 3.47. The summed E-state index contributed by atoms with van der Waals surface area (Å²) in [5.74, 6) is 0.0688. The highest BCUT2D eigenvalue weighted by Gasteiger charge is 2.21. The Morgan fingerprint density at radius 3 is 2.57 bits per heavy atom. The Kier molecular flexibility index (Phi) is 4.21. The number of amides is 1. The largest absolute Gasteiger partial charge is 0.508 e. The first kappa shape index (κ1) is 15.4. The summed E-state index contributed by atoms with van der Waals surface area (Å²) < 4.78 is 0. The molecule has 2 aromatic rings. The van der Waals surface area contributed by atoms with Crippen LogP contribution in [0.25, 0.3) is 10.8 Å². The van der Waals surface area contributed by atoms with Gasteiger partial charge in [-0.2, -0.15) is 0 Å². The highest BCUT2D eigenvalue weighted by atomic mass is 16.3. The van der Waals surface area contributed by atoms with E-state index in [0.29, 0.717) is 5.69 Å². The number of hydrogen-bond acceptors (Lipinski definition) is 2. The normalized spacial score (nSPS) is 13.1. The molecule has 3 nitrogen and oxygen atoms in total. The van der Waals surface area contributed by atoms with Gasteiger partial charge in [0.25, 0.3) is 0 Å². The maximum absolute atomic E-state index is 12.4. The number of rotatable bonds is 3. The van der Waals surface area contributed by atoms with Crippen molar-refractivity contribution in [2.45, 2.75) is 34.1 Å². The zero-order chi connectivity index (χ0) is 15.6. The number of carbonyl (C=O) groups excluding carboxylic acids is 1. The number of fused-ring (bicyclic) bond motifs is 1. The predicted molar refractivity (Wildman–Crippen MR) is 87.5 cm³/mol. The summed E-state index contributed by atoms with van der Waals surface area (Å²) >= 11 is 0. The van der Waals surface area contributed by atoms with Gasteiger partial charge in [-0.1, -0.05) is 52.0 Å². The van der Waals surface area contributed by atoms with Crippen molar-refractivity contribution in [1.29, 1.82) is 0 Å². The van der Waals surface area contributed by atoms with Crippen LogP contribution < -0.4 is 5.32 Å². The third kappa shape index (κ3) is 3.97. The molecule has 21 heavy (non-hydrogen) atoms. The summed E-state index contributed by atoms with van der Waals surface area (Å²) in [5, 5.41) is 14.6. The van der Waals surface area contributed by atoms with Crippen LogP contribution in [0, 0.1) is 11.3 Å². The van der Waals surface area contributed by atoms with Gasteiger partial charge in [0.15, 0.2) is 0 Å². The summed E-state index contributed by atoms with van der Waals surface area (Å²) in [4.78, 5) is 12.4. The Balaban J connectivity index is 2.25. The minimum Gasteiger partial charge on any atom is -0.508 e. The molecule has 1 atom stereocenters. The molecule has 0 bridgehead atoms. The predicted octanol–water partition coefficient (Wildman–Crippen LogP) is 4.56. The fraction of sp³-hybridized carbons (Fsp3) is 0.389. The van der Waals surface area contributed by atoms with Crippen LogP contribution in [0.1, 0.15) is 34.1 Å². The second-order valence-corrected chi connectivity index (χ2v) is 6.87. The molecule has 0 radical (unpaired) electrons. The van der Waals surface area contributed by atoms with E-state index < -0.39 is 0 Å². The maximum Gasteiger partial charge on any atom is 0.227 e. The maximum atomic E-state index is 12.4. The summed E-state index contributed by atoms with van der Waals surface area (Å²) in [6.45, 7) is 8.31. The van der Waals surface area contributed by atoms with Gasteiger partial charge in [0.05, 0.1) is 5.69 Å². The number of phenols is 1. The van der Waals surface area contributed by atoms with E-state index in [9.17, 15) is 9.90 Å². The molecule has 0 saturated heterocycles. The first-order valence-electron chi connectivity index (χ1n) is 7.29. The lowest BCUT2D eigenvalue weighted by molar-refractivity contribution is -0.120.